The van der Waals surface area contributed by atoms with E-state index in [-0.39, 0.29) is 38.4 Å². The number of benzene rings is 1. The Balaban J connectivity index is 2.42. The number of aromatic nitrogens is 1. The first-order chi connectivity index (χ1) is 10.5. The minimum absolute atomic E-state index is 0.0226. The van der Waals surface area contributed by atoms with Crippen molar-refractivity contribution in [1.82, 2.24) is 4.40 Å². The first kappa shape index (κ1) is 15.1. The van der Waals surface area contributed by atoms with Crippen molar-refractivity contribution in [3.8, 4) is 11.5 Å². The molecule has 0 aliphatic heterocycles. The number of nitrogens with zero attached hydrogens (tertiary/aromatic N) is 1. The van der Waals surface area contributed by atoms with Gasteiger partial charge in [0.05, 0.1) is 5.02 Å². The van der Waals surface area contributed by atoms with E-state index in [9.17, 15) is 15.0 Å². The monoisotopic (exact) mass is 341 g/mol. The van der Waals surface area contributed by atoms with E-state index < -0.39 is 5.56 Å². The van der Waals surface area contributed by atoms with Gasteiger partial charge in [-0.25, -0.2) is 4.40 Å². The molecule has 0 saturated carbocycles. The zero-order valence-corrected chi connectivity index (χ0v) is 13.2. The van der Waals surface area contributed by atoms with Gasteiger partial charge in [-0.2, -0.15) is 0 Å². The van der Waals surface area contributed by atoms with E-state index >= 15 is 0 Å². The summed E-state index contributed by atoms with van der Waals surface area (Å²) < 4.78 is 6.61. The van der Waals surface area contributed by atoms with Crippen LogP contribution in [0.5, 0.6) is 11.5 Å². The van der Waals surface area contributed by atoms with Crippen molar-refractivity contribution in [2.45, 2.75) is 26.2 Å². The van der Waals surface area contributed by atoms with Crippen molar-refractivity contribution in [1.29, 1.82) is 0 Å². The summed E-state index contributed by atoms with van der Waals surface area (Å²) in [7, 11) is 0. The van der Waals surface area contributed by atoms with Crippen LogP contribution in [0, 0.1) is 0 Å². The van der Waals surface area contributed by atoms with Gasteiger partial charge in [-0.15, -0.1) is 0 Å². The summed E-state index contributed by atoms with van der Waals surface area (Å²) in [5, 5.41) is 20.6. The lowest BCUT2D eigenvalue weighted by atomic mass is 10.0. The number of halogens is 2. The topological polar surface area (TPSA) is 75.1 Å². The van der Waals surface area contributed by atoms with Crippen LogP contribution in [-0.4, -0.2) is 14.6 Å². The summed E-state index contributed by atoms with van der Waals surface area (Å²) in [6, 6.07) is 2.74. The van der Waals surface area contributed by atoms with Gasteiger partial charge in [0, 0.05) is 17.7 Å². The van der Waals surface area contributed by atoms with E-state index in [4.69, 9.17) is 27.6 Å². The van der Waals surface area contributed by atoms with E-state index in [0.717, 1.165) is 17.2 Å². The third kappa shape index (κ3) is 2.12. The second-order valence-electron chi connectivity index (χ2n) is 5.06. The Hall–Kier alpha value is -1.85. The molecule has 0 bridgehead atoms. The van der Waals surface area contributed by atoms with E-state index in [1.807, 2.05) is 6.92 Å². The minimum atomic E-state index is -0.539. The van der Waals surface area contributed by atoms with Crippen molar-refractivity contribution in [2.75, 3.05) is 0 Å². The number of phenolic OH excluding ortho intramolecular Hbond substituents is 2. The van der Waals surface area contributed by atoms with Crippen LogP contribution in [0.4, 0.5) is 0 Å². The second kappa shape index (κ2) is 5.41. The van der Waals surface area contributed by atoms with Crippen LogP contribution < -0.4 is 5.56 Å². The maximum absolute atomic E-state index is 12.6. The Morgan fingerprint density at radius 1 is 1.27 bits per heavy atom. The molecule has 0 aliphatic carbocycles. The molecule has 2 N–H and O–H groups in total. The van der Waals surface area contributed by atoms with Gasteiger partial charge in [-0.05, 0) is 12.8 Å². The second-order valence-corrected chi connectivity index (χ2v) is 5.83. The highest BCUT2D eigenvalue weighted by Gasteiger charge is 2.20. The first-order valence-corrected chi connectivity index (χ1v) is 7.58. The molecule has 1 aromatic carbocycles. The largest absolute Gasteiger partial charge is 0.507 e. The smallest absolute Gasteiger partial charge is 0.273 e. The summed E-state index contributed by atoms with van der Waals surface area (Å²) in [6.45, 7) is 1.99. The Morgan fingerprint density at radius 3 is 2.68 bits per heavy atom. The molecule has 0 aliphatic rings. The predicted molar refractivity (Wildman–Crippen MR) is 85.4 cm³/mol. The van der Waals surface area contributed by atoms with Crippen LogP contribution in [0.1, 0.15) is 25.3 Å². The van der Waals surface area contributed by atoms with Gasteiger partial charge in [0.25, 0.3) is 5.56 Å². The van der Waals surface area contributed by atoms with Crippen molar-refractivity contribution < 1.29 is 14.6 Å². The van der Waals surface area contributed by atoms with Gasteiger partial charge in [0.2, 0.25) is 5.71 Å². The van der Waals surface area contributed by atoms with Crippen molar-refractivity contribution >= 4 is 39.9 Å². The highest BCUT2D eigenvalue weighted by atomic mass is 35.5. The maximum atomic E-state index is 12.6. The highest BCUT2D eigenvalue weighted by molar-refractivity contribution is 6.42. The number of hydrogen-bond donors (Lipinski definition) is 2. The van der Waals surface area contributed by atoms with Crippen molar-refractivity contribution in [3.05, 3.63) is 38.2 Å². The predicted octanol–water partition coefficient (Wildman–Crippen LogP) is 4.11. The van der Waals surface area contributed by atoms with Crippen LogP contribution in [0.2, 0.25) is 10.2 Å². The first-order valence-electron chi connectivity index (χ1n) is 6.82. The lowest BCUT2D eigenvalue weighted by molar-refractivity contribution is 0.438. The van der Waals surface area contributed by atoms with Crippen LogP contribution in [0.15, 0.2) is 21.3 Å². The molecule has 0 radical (unpaired) electrons. The highest BCUT2D eigenvalue weighted by Crippen LogP contribution is 2.36. The van der Waals surface area contributed by atoms with E-state index in [1.54, 1.807) is 0 Å². The van der Waals surface area contributed by atoms with Crippen molar-refractivity contribution in [2.24, 2.45) is 0 Å². The summed E-state index contributed by atoms with van der Waals surface area (Å²) in [6.07, 6.45) is 2.13. The molecule has 116 valence electrons. The van der Waals surface area contributed by atoms with Gasteiger partial charge in [-0.1, -0.05) is 36.5 Å². The van der Waals surface area contributed by atoms with Crippen LogP contribution in [-0.2, 0) is 6.42 Å². The average Bonchev–Trinajstić information content (AvgIpc) is 2.73. The Bertz CT molecular complexity index is 942. The van der Waals surface area contributed by atoms with Crippen molar-refractivity contribution in [3.63, 3.8) is 0 Å². The molecule has 3 aromatic rings. The molecule has 0 saturated heterocycles. The van der Waals surface area contributed by atoms with Gasteiger partial charge in [-0.3, -0.25) is 4.79 Å². The summed E-state index contributed by atoms with van der Waals surface area (Å²) >= 11 is 11.9. The number of aromatic hydroxyl groups is 2. The third-order valence-electron chi connectivity index (χ3n) is 3.62. The van der Waals surface area contributed by atoms with Gasteiger partial charge < -0.3 is 14.6 Å². The molecule has 0 atom stereocenters. The third-order valence-corrected chi connectivity index (χ3v) is 4.38. The van der Waals surface area contributed by atoms with Crippen LogP contribution in [0.3, 0.4) is 0 Å². The molecule has 22 heavy (non-hydrogen) atoms. The number of rotatable bonds is 3. The molecule has 0 fully saturated rings. The average molecular weight is 342 g/mol. The molecular formula is C15H13Cl2NO4. The molecule has 0 amide bonds. The number of fused-ring (bicyclic) bond motifs is 2. The number of hydrogen-bond acceptors (Lipinski definition) is 4. The molecule has 2 aromatic heterocycles. The van der Waals surface area contributed by atoms with E-state index in [1.165, 1.54) is 12.1 Å². The van der Waals surface area contributed by atoms with Gasteiger partial charge in [0.1, 0.15) is 27.6 Å². The normalized spacial score (nSPS) is 11.6. The lowest BCUT2D eigenvalue weighted by Crippen LogP contribution is -2.13. The zero-order valence-electron chi connectivity index (χ0n) is 11.7. The van der Waals surface area contributed by atoms with E-state index in [2.05, 4.69) is 0 Å². The van der Waals surface area contributed by atoms with Gasteiger partial charge >= 0.3 is 0 Å². The van der Waals surface area contributed by atoms with Crippen LogP contribution >= 0.6 is 23.2 Å². The molecule has 3 rings (SSSR count). The summed E-state index contributed by atoms with van der Waals surface area (Å²) in [5.41, 5.74) is 0.0185. The molecule has 0 unspecified atom stereocenters. The van der Waals surface area contributed by atoms with Gasteiger partial charge in [0.15, 0.2) is 0 Å². The summed E-state index contributed by atoms with van der Waals surface area (Å²) in [4.78, 5) is 12.6. The Labute approximate surface area is 135 Å². The summed E-state index contributed by atoms with van der Waals surface area (Å²) in [5.74, 6) is -0.380. The fraction of sp³-hybridized carbons (Fsp3) is 0.267. The Morgan fingerprint density at radius 2 is 2.00 bits per heavy atom. The molecule has 5 nitrogen and oxygen atoms in total. The van der Waals surface area contributed by atoms with Crippen LogP contribution in [0.25, 0.3) is 16.7 Å². The molecule has 0 spiro atoms. The Kier molecular flexibility index (Phi) is 3.70. The number of unbranched alkanes of at least 4 members (excludes halogenated alkanes) is 1. The van der Waals surface area contributed by atoms with E-state index in [0.29, 0.717) is 12.0 Å². The molecule has 7 heteroatoms. The lowest BCUT2D eigenvalue weighted by Gasteiger charge is -2.10. The maximum Gasteiger partial charge on any atom is 0.273 e. The fourth-order valence-corrected chi connectivity index (χ4v) is 2.88. The molecular weight excluding hydrogens is 329 g/mol. The molecule has 2 heterocycles. The standard InChI is InChI=1S/C15H13Cl2NO4/c1-2-3-4-7-9(19)6-10-12(13(7)20)15(21)18-11(22-10)5-8(16)14(18)17/h5-6,19-20H,2-4H2,1H3. The minimum Gasteiger partial charge on any atom is -0.507 e. The fourth-order valence-electron chi connectivity index (χ4n) is 2.48. The SMILES string of the molecule is CCCCc1c(O)cc2oc3cc(Cl)c(Cl)n3c(=O)c2c1O. The quantitative estimate of drug-likeness (QED) is 0.751. The zero-order chi connectivity index (χ0) is 16.0. The number of phenols is 2.